The van der Waals surface area contributed by atoms with Crippen LogP contribution >= 0.6 is 0 Å². The lowest BCUT2D eigenvalue weighted by Crippen LogP contribution is -2.48. The number of ether oxygens (including phenoxy) is 1. The van der Waals surface area contributed by atoms with Crippen LogP contribution in [0.4, 0.5) is 0 Å². The van der Waals surface area contributed by atoms with Crippen molar-refractivity contribution in [3.63, 3.8) is 0 Å². The first-order valence-electron chi connectivity index (χ1n) is 7.03. The lowest BCUT2D eigenvalue weighted by molar-refractivity contribution is -0.152. The number of carbonyl (C=O) groups excluding carboxylic acids is 2. The minimum absolute atomic E-state index is 0.247. The van der Waals surface area contributed by atoms with Crippen molar-refractivity contribution < 1.29 is 14.3 Å². The predicted molar refractivity (Wildman–Crippen MR) is 70.7 cm³/mol. The first-order chi connectivity index (χ1) is 9.24. The molecule has 2 aliphatic rings. The maximum Gasteiger partial charge on any atom is 0.312 e. The van der Waals surface area contributed by atoms with Crippen molar-refractivity contribution in [2.75, 3.05) is 46.4 Å². The van der Waals surface area contributed by atoms with Crippen molar-refractivity contribution in [3.05, 3.63) is 0 Å². The van der Waals surface area contributed by atoms with E-state index in [1.807, 2.05) is 0 Å². The molecule has 1 aliphatic carbocycles. The fourth-order valence-corrected chi connectivity index (χ4v) is 2.33. The molecule has 0 spiro atoms. The van der Waals surface area contributed by atoms with Crippen molar-refractivity contribution in [2.24, 2.45) is 0 Å². The molecule has 6 heteroatoms. The van der Waals surface area contributed by atoms with E-state index in [1.165, 1.54) is 0 Å². The maximum absolute atomic E-state index is 12.3. The monoisotopic (exact) mass is 269 g/mol. The minimum atomic E-state index is -0.360. The van der Waals surface area contributed by atoms with E-state index in [0.29, 0.717) is 26.2 Å². The first-order valence-corrected chi connectivity index (χ1v) is 7.03. The van der Waals surface area contributed by atoms with Crippen LogP contribution in [0.25, 0.3) is 0 Å². The van der Waals surface area contributed by atoms with Crippen LogP contribution in [0.5, 0.6) is 0 Å². The molecule has 1 saturated heterocycles. The average molecular weight is 269 g/mol. The predicted octanol–water partition coefficient (Wildman–Crippen LogP) is -0.554. The Morgan fingerprint density at radius 2 is 2.11 bits per heavy atom. The van der Waals surface area contributed by atoms with Gasteiger partial charge in [0.1, 0.15) is 0 Å². The minimum Gasteiger partial charge on any atom is -0.383 e. The van der Waals surface area contributed by atoms with Gasteiger partial charge in [0.2, 0.25) is 0 Å². The molecule has 1 saturated carbocycles. The van der Waals surface area contributed by atoms with Gasteiger partial charge in [0.25, 0.3) is 0 Å². The molecule has 0 bridgehead atoms. The largest absolute Gasteiger partial charge is 0.383 e. The van der Waals surface area contributed by atoms with Crippen molar-refractivity contribution in [2.45, 2.75) is 25.3 Å². The number of hydrogen-bond donors (Lipinski definition) is 1. The van der Waals surface area contributed by atoms with Crippen LogP contribution in [0.15, 0.2) is 0 Å². The third-order valence-corrected chi connectivity index (χ3v) is 3.60. The van der Waals surface area contributed by atoms with Gasteiger partial charge in [-0.3, -0.25) is 9.59 Å². The summed E-state index contributed by atoms with van der Waals surface area (Å²) in [6.07, 6.45) is 2.91. The first kappa shape index (κ1) is 14.3. The summed E-state index contributed by atoms with van der Waals surface area (Å²) in [5, 5.41) is 3.23. The molecule has 2 amide bonds. The molecule has 108 valence electrons. The summed E-state index contributed by atoms with van der Waals surface area (Å²) in [5.74, 6) is -0.715. The molecule has 1 heterocycles. The van der Waals surface area contributed by atoms with Crippen LogP contribution < -0.4 is 5.32 Å². The third kappa shape index (κ3) is 3.91. The number of methoxy groups -OCH3 is 1. The Balaban J connectivity index is 1.93. The molecule has 6 nitrogen and oxygen atoms in total. The van der Waals surface area contributed by atoms with Gasteiger partial charge in [-0.1, -0.05) is 0 Å². The highest BCUT2D eigenvalue weighted by molar-refractivity contribution is 6.35. The fraction of sp³-hybridized carbons (Fsp3) is 0.846. The highest BCUT2D eigenvalue weighted by Crippen LogP contribution is 2.27. The SMILES string of the molecule is COCCN(C(=O)C(=O)N1CCCNCC1)C1CC1. The quantitative estimate of drug-likeness (QED) is 0.695. The number of nitrogens with one attached hydrogen (secondary N) is 1. The molecule has 1 aliphatic heterocycles. The molecule has 19 heavy (non-hydrogen) atoms. The normalized spacial score (nSPS) is 19.9. The van der Waals surface area contributed by atoms with E-state index in [-0.39, 0.29) is 17.9 Å². The Kier molecular flexibility index (Phi) is 5.15. The second kappa shape index (κ2) is 6.86. The van der Waals surface area contributed by atoms with E-state index >= 15 is 0 Å². The standard InChI is InChI=1S/C13H23N3O3/c1-19-10-9-16(11-3-4-11)13(18)12(17)15-7-2-5-14-6-8-15/h11,14H,2-10H2,1H3. The second-order valence-corrected chi connectivity index (χ2v) is 5.12. The highest BCUT2D eigenvalue weighted by atomic mass is 16.5. The Morgan fingerprint density at radius 3 is 2.79 bits per heavy atom. The van der Waals surface area contributed by atoms with Crippen LogP contribution in [-0.2, 0) is 14.3 Å². The number of amides is 2. The molecule has 1 N–H and O–H groups in total. The third-order valence-electron chi connectivity index (χ3n) is 3.60. The summed E-state index contributed by atoms with van der Waals surface area (Å²) in [4.78, 5) is 27.9. The Hall–Kier alpha value is -1.14. The summed E-state index contributed by atoms with van der Waals surface area (Å²) in [5.41, 5.74) is 0. The molecule has 0 aromatic rings. The van der Waals surface area contributed by atoms with Crippen LogP contribution in [0.3, 0.4) is 0 Å². The Morgan fingerprint density at radius 1 is 1.32 bits per heavy atom. The lowest BCUT2D eigenvalue weighted by Gasteiger charge is -2.25. The van der Waals surface area contributed by atoms with Gasteiger partial charge in [0.15, 0.2) is 0 Å². The molecule has 0 atom stereocenters. The number of hydrogen-bond acceptors (Lipinski definition) is 4. The zero-order valence-corrected chi connectivity index (χ0v) is 11.6. The van der Waals surface area contributed by atoms with E-state index in [9.17, 15) is 9.59 Å². The van der Waals surface area contributed by atoms with Gasteiger partial charge in [-0.2, -0.15) is 0 Å². The molecular weight excluding hydrogens is 246 g/mol. The zero-order valence-electron chi connectivity index (χ0n) is 11.6. The summed E-state index contributed by atoms with van der Waals surface area (Å²) in [6.45, 7) is 3.96. The lowest BCUT2D eigenvalue weighted by atomic mass is 10.3. The molecule has 2 rings (SSSR count). The average Bonchev–Trinajstić information content (AvgIpc) is 3.24. The molecule has 2 fully saturated rings. The molecule has 0 radical (unpaired) electrons. The van der Waals surface area contributed by atoms with Gasteiger partial charge < -0.3 is 19.9 Å². The van der Waals surface area contributed by atoms with Crippen LogP contribution in [0.1, 0.15) is 19.3 Å². The number of rotatable bonds is 4. The number of carbonyl (C=O) groups is 2. The van der Waals surface area contributed by atoms with Crippen LogP contribution in [0, 0.1) is 0 Å². The van der Waals surface area contributed by atoms with E-state index < -0.39 is 0 Å². The van der Waals surface area contributed by atoms with Crippen LogP contribution in [0.2, 0.25) is 0 Å². The molecule has 0 aromatic carbocycles. The highest BCUT2D eigenvalue weighted by Gasteiger charge is 2.36. The zero-order chi connectivity index (χ0) is 13.7. The topological polar surface area (TPSA) is 61.9 Å². The maximum atomic E-state index is 12.3. The molecule has 0 unspecified atom stereocenters. The van der Waals surface area contributed by atoms with E-state index in [0.717, 1.165) is 32.4 Å². The van der Waals surface area contributed by atoms with Gasteiger partial charge in [-0.15, -0.1) is 0 Å². The van der Waals surface area contributed by atoms with Crippen molar-refractivity contribution in [3.8, 4) is 0 Å². The fourth-order valence-electron chi connectivity index (χ4n) is 2.33. The van der Waals surface area contributed by atoms with E-state index in [1.54, 1.807) is 16.9 Å². The van der Waals surface area contributed by atoms with Gasteiger partial charge in [-0.25, -0.2) is 0 Å². The van der Waals surface area contributed by atoms with E-state index in [4.69, 9.17) is 4.74 Å². The van der Waals surface area contributed by atoms with Gasteiger partial charge in [-0.05, 0) is 25.8 Å². The van der Waals surface area contributed by atoms with Crippen molar-refractivity contribution in [1.29, 1.82) is 0 Å². The van der Waals surface area contributed by atoms with E-state index in [2.05, 4.69) is 5.32 Å². The Labute approximate surface area is 114 Å². The van der Waals surface area contributed by atoms with Gasteiger partial charge >= 0.3 is 11.8 Å². The Bertz CT molecular complexity index is 323. The summed E-state index contributed by atoms with van der Waals surface area (Å²) in [6, 6.07) is 0.247. The smallest absolute Gasteiger partial charge is 0.312 e. The van der Waals surface area contributed by atoms with Crippen LogP contribution in [-0.4, -0.2) is 74.1 Å². The molecular formula is C13H23N3O3. The summed E-state index contributed by atoms with van der Waals surface area (Å²) >= 11 is 0. The number of nitrogens with zero attached hydrogens (tertiary/aromatic N) is 2. The van der Waals surface area contributed by atoms with Gasteiger partial charge in [0, 0.05) is 39.3 Å². The van der Waals surface area contributed by atoms with Crippen molar-refractivity contribution in [1.82, 2.24) is 15.1 Å². The van der Waals surface area contributed by atoms with Gasteiger partial charge in [0.05, 0.1) is 6.61 Å². The van der Waals surface area contributed by atoms with Crippen molar-refractivity contribution >= 4 is 11.8 Å². The molecule has 0 aromatic heterocycles. The second-order valence-electron chi connectivity index (χ2n) is 5.12. The summed E-state index contributed by atoms with van der Waals surface area (Å²) in [7, 11) is 1.61. The summed E-state index contributed by atoms with van der Waals surface area (Å²) < 4.78 is 5.02.